The zero-order valence-corrected chi connectivity index (χ0v) is 29.9. The van der Waals surface area contributed by atoms with Crippen LogP contribution in [0.15, 0.2) is 53.3 Å². The van der Waals surface area contributed by atoms with Crippen LogP contribution < -0.4 is 9.80 Å². The third-order valence-corrected chi connectivity index (χ3v) is 12.2. The Balaban J connectivity index is 0.793. The highest BCUT2D eigenvalue weighted by molar-refractivity contribution is 5.86. The number of likely N-dealkylation sites (tertiary alicyclic amines) is 1. The van der Waals surface area contributed by atoms with Crippen LogP contribution in [0.1, 0.15) is 86.9 Å². The normalized spacial score (nSPS) is 21.3. The Morgan fingerprint density at radius 3 is 2.50 bits per heavy atom. The van der Waals surface area contributed by atoms with Gasteiger partial charge >= 0.3 is 5.97 Å². The van der Waals surface area contributed by atoms with E-state index in [-0.39, 0.29) is 17.7 Å². The number of aromatic hydroxyl groups is 1. The number of aliphatic carboxylic acids is 1. The predicted molar refractivity (Wildman–Crippen MR) is 195 cm³/mol. The number of fused-ring (bicyclic) bond motifs is 3. The number of nitrogens with zero attached hydrogens (tertiary/aromatic N) is 8. The number of carboxylic acids is 1. The van der Waals surface area contributed by atoms with Crippen molar-refractivity contribution in [2.24, 2.45) is 11.3 Å². The Labute approximate surface area is 302 Å². The summed E-state index contributed by atoms with van der Waals surface area (Å²) in [4.78, 5) is 32.2. The molecule has 1 spiro atoms. The van der Waals surface area contributed by atoms with E-state index >= 15 is 0 Å². The summed E-state index contributed by atoms with van der Waals surface area (Å²) < 4.78 is 5.47. The Morgan fingerprint density at radius 2 is 1.79 bits per heavy atom. The van der Waals surface area contributed by atoms with Gasteiger partial charge in [-0.2, -0.15) is 0 Å². The number of piperidine rings is 1. The number of H-pyrrole nitrogens is 1. The number of aromatic amines is 1. The Kier molecular flexibility index (Phi) is 7.94. The van der Waals surface area contributed by atoms with E-state index < -0.39 is 11.9 Å². The zero-order chi connectivity index (χ0) is 35.7. The number of hydrogen-bond donors (Lipinski definition) is 3. The summed E-state index contributed by atoms with van der Waals surface area (Å²) >= 11 is 0. The molecule has 7 heterocycles. The van der Waals surface area contributed by atoms with Gasteiger partial charge in [0.1, 0.15) is 11.7 Å². The van der Waals surface area contributed by atoms with Crippen molar-refractivity contribution in [2.75, 3.05) is 42.5 Å². The first-order valence-electron chi connectivity index (χ1n) is 18.6. The Hall–Kier alpha value is -5.04. The lowest BCUT2D eigenvalue weighted by Gasteiger charge is -2.61. The smallest absolute Gasteiger partial charge is 0.314 e. The second-order valence-corrected chi connectivity index (χ2v) is 15.8. The number of nitrogens with one attached hydrogen (secondary N) is 1. The van der Waals surface area contributed by atoms with Gasteiger partial charge in [0.05, 0.1) is 11.7 Å². The minimum Gasteiger partial charge on any atom is -0.507 e. The van der Waals surface area contributed by atoms with E-state index in [1.165, 1.54) is 29.7 Å². The summed E-state index contributed by atoms with van der Waals surface area (Å²) in [6.07, 6.45) is 9.54. The third-order valence-electron chi connectivity index (χ3n) is 12.2. The van der Waals surface area contributed by atoms with Crippen LogP contribution in [0.2, 0.25) is 0 Å². The van der Waals surface area contributed by atoms with Crippen molar-refractivity contribution < 1.29 is 19.5 Å². The SMILES string of the molecule is CC(C)C(C(=O)O)c1cc(N2CC3(CC(N4CCC(c5cnc(N6CCc7[nH]c8nnc(-c9ccccc9O)cc8c7[C@H]6C)nc5)CC4)C3)C2)no1. The summed E-state index contributed by atoms with van der Waals surface area (Å²) in [6.45, 7) is 10.9. The molecule has 1 saturated carbocycles. The van der Waals surface area contributed by atoms with Gasteiger partial charge < -0.3 is 34.4 Å². The van der Waals surface area contributed by atoms with Gasteiger partial charge in [0.15, 0.2) is 17.2 Å². The molecule has 4 aliphatic rings. The van der Waals surface area contributed by atoms with Crippen LogP contribution in [0.5, 0.6) is 5.75 Å². The highest BCUT2D eigenvalue weighted by Gasteiger charge is 2.54. The average Bonchev–Trinajstić information content (AvgIpc) is 3.72. The van der Waals surface area contributed by atoms with E-state index in [0.29, 0.717) is 34.4 Å². The van der Waals surface area contributed by atoms with E-state index in [4.69, 9.17) is 14.5 Å². The van der Waals surface area contributed by atoms with Crippen molar-refractivity contribution in [3.8, 4) is 17.0 Å². The summed E-state index contributed by atoms with van der Waals surface area (Å²) in [5.74, 6) is 0.990. The van der Waals surface area contributed by atoms with Gasteiger partial charge in [-0.1, -0.05) is 31.1 Å². The van der Waals surface area contributed by atoms with Gasteiger partial charge in [-0.15, -0.1) is 10.2 Å². The predicted octanol–water partition coefficient (Wildman–Crippen LogP) is 5.90. The zero-order valence-electron chi connectivity index (χ0n) is 29.9. The number of hydrogen-bond acceptors (Lipinski definition) is 11. The third kappa shape index (κ3) is 5.56. The van der Waals surface area contributed by atoms with Gasteiger partial charge in [-0.3, -0.25) is 4.79 Å². The lowest BCUT2D eigenvalue weighted by Crippen LogP contribution is -2.67. The molecule has 1 aliphatic carbocycles. The first-order chi connectivity index (χ1) is 25.2. The Bertz CT molecular complexity index is 2110. The largest absolute Gasteiger partial charge is 0.507 e. The topological polar surface area (TPSA) is 161 Å². The molecule has 270 valence electrons. The van der Waals surface area contributed by atoms with Crippen molar-refractivity contribution in [1.29, 1.82) is 0 Å². The van der Waals surface area contributed by atoms with Gasteiger partial charge in [-0.25, -0.2) is 9.97 Å². The van der Waals surface area contributed by atoms with Gasteiger partial charge in [0.2, 0.25) is 5.95 Å². The molecule has 13 heteroatoms. The number of benzene rings is 1. The highest BCUT2D eigenvalue weighted by Crippen LogP contribution is 2.52. The molecular weight excluding hydrogens is 658 g/mol. The van der Waals surface area contributed by atoms with Crippen LogP contribution in [-0.2, 0) is 11.2 Å². The molecule has 52 heavy (non-hydrogen) atoms. The maximum absolute atomic E-state index is 11.7. The molecule has 3 aliphatic heterocycles. The standard InChI is InChI=1S/C39H45N9O4/c1-22(2)34(37(50)51)32-15-33(45-52-32)47-20-39(21-47)16-26(17-39)46-11-8-24(9-12-46)25-18-40-38(41-19-25)48-13-10-29-35(23(48)3)28-14-30(43-44-36(28)42-29)27-6-4-5-7-31(27)49/h4-7,14-15,18-19,22-24,26,34,49H,8-13,16-17,20-21H2,1-3H3,(H,42,44)(H,50,51)/t23-,34?/m1/s1. The molecule has 1 aromatic carbocycles. The van der Waals surface area contributed by atoms with Crippen LogP contribution in [0.3, 0.4) is 0 Å². The van der Waals surface area contributed by atoms with Crippen LogP contribution in [0.4, 0.5) is 11.8 Å². The molecule has 9 rings (SSSR count). The number of rotatable bonds is 8. The molecular formula is C39H45N9O4. The number of anilines is 2. The number of aromatic nitrogens is 6. The van der Waals surface area contributed by atoms with E-state index in [0.717, 1.165) is 74.8 Å². The summed E-state index contributed by atoms with van der Waals surface area (Å²) in [5, 5.41) is 34.1. The molecule has 0 radical (unpaired) electrons. The fourth-order valence-electron chi connectivity index (χ4n) is 9.39. The van der Waals surface area contributed by atoms with Crippen LogP contribution in [0.25, 0.3) is 22.3 Å². The molecule has 0 bridgehead atoms. The highest BCUT2D eigenvalue weighted by atomic mass is 16.5. The van der Waals surface area contributed by atoms with Crippen LogP contribution >= 0.6 is 0 Å². The number of carboxylic acid groups (broad SMARTS) is 1. The van der Waals surface area contributed by atoms with Crippen molar-refractivity contribution in [1.82, 2.24) is 35.2 Å². The molecule has 2 atom stereocenters. The van der Waals surface area contributed by atoms with Crippen molar-refractivity contribution in [3.63, 3.8) is 0 Å². The number of phenolic OH excluding ortho intramolecular Hbond substituents is 1. The fraction of sp³-hybridized carbons (Fsp3) is 0.487. The fourth-order valence-corrected chi connectivity index (χ4v) is 9.39. The quantitative estimate of drug-likeness (QED) is 0.176. The summed E-state index contributed by atoms with van der Waals surface area (Å²) in [5.41, 5.74) is 5.98. The molecule has 5 aromatic rings. The molecule has 13 nitrogen and oxygen atoms in total. The van der Waals surface area contributed by atoms with Gasteiger partial charge in [0.25, 0.3) is 0 Å². The van der Waals surface area contributed by atoms with E-state index in [1.54, 1.807) is 12.1 Å². The minimum atomic E-state index is -0.872. The number of phenols is 1. The maximum Gasteiger partial charge on any atom is 0.314 e. The van der Waals surface area contributed by atoms with Crippen molar-refractivity contribution in [3.05, 3.63) is 71.4 Å². The lowest BCUT2D eigenvalue weighted by molar-refractivity contribution is -0.140. The first kappa shape index (κ1) is 32.8. The van der Waals surface area contributed by atoms with Crippen LogP contribution in [-0.4, -0.2) is 90.2 Å². The molecule has 1 unspecified atom stereocenters. The molecule has 2 saturated heterocycles. The van der Waals surface area contributed by atoms with Gasteiger partial charge in [-0.05, 0) is 81.3 Å². The van der Waals surface area contributed by atoms with Gasteiger partial charge in [0, 0.05) is 78.2 Å². The molecule has 4 aromatic heterocycles. The molecule has 3 N–H and O–H groups in total. The second-order valence-electron chi connectivity index (χ2n) is 15.8. The number of carbonyl (C=O) groups is 1. The molecule has 3 fully saturated rings. The lowest BCUT2D eigenvalue weighted by atomic mass is 9.60. The van der Waals surface area contributed by atoms with E-state index in [2.05, 4.69) is 42.0 Å². The molecule has 0 amide bonds. The summed E-state index contributed by atoms with van der Waals surface area (Å²) in [6, 6.07) is 11.7. The number of para-hydroxylation sites is 1. The van der Waals surface area contributed by atoms with E-state index in [1.807, 2.05) is 50.5 Å². The second kappa shape index (κ2) is 12.6. The van der Waals surface area contributed by atoms with Crippen LogP contribution in [0, 0.1) is 11.3 Å². The van der Waals surface area contributed by atoms with Crippen molar-refractivity contribution >= 4 is 28.8 Å². The average molecular weight is 704 g/mol. The minimum absolute atomic E-state index is 0.0455. The maximum atomic E-state index is 11.7. The summed E-state index contributed by atoms with van der Waals surface area (Å²) in [7, 11) is 0. The monoisotopic (exact) mass is 703 g/mol. The Morgan fingerprint density at radius 1 is 1.04 bits per heavy atom. The first-order valence-corrected chi connectivity index (χ1v) is 18.6. The van der Waals surface area contributed by atoms with E-state index in [9.17, 15) is 15.0 Å². The van der Waals surface area contributed by atoms with Crippen molar-refractivity contribution in [2.45, 2.75) is 76.8 Å².